The van der Waals surface area contributed by atoms with Gasteiger partial charge in [-0.05, 0) is 43.4 Å². The van der Waals surface area contributed by atoms with Gasteiger partial charge in [0.05, 0.1) is 0 Å². The minimum absolute atomic E-state index is 0.225. The highest BCUT2D eigenvalue weighted by Gasteiger charge is 2.53. The highest BCUT2D eigenvalue weighted by molar-refractivity contribution is 6.70. The van der Waals surface area contributed by atoms with E-state index in [0.717, 1.165) is 36.6 Å². The molecule has 2 aliphatic rings. The molecule has 0 aliphatic heterocycles. The molecular weight excluding hydrogens is 312 g/mol. The molecule has 142 valence electrons. The molecule has 2 saturated carbocycles. The Balaban J connectivity index is 2.25. The molecule has 24 heavy (non-hydrogen) atoms. The second kappa shape index (κ2) is 9.18. The first-order chi connectivity index (χ1) is 11.4. The Morgan fingerprint density at radius 2 is 1.54 bits per heavy atom. The lowest BCUT2D eigenvalue weighted by atomic mass is 9.90. The molecule has 0 spiro atoms. The van der Waals surface area contributed by atoms with Gasteiger partial charge in [0.2, 0.25) is 0 Å². The van der Waals surface area contributed by atoms with Crippen molar-refractivity contribution >= 4 is 8.56 Å². The molecule has 0 aromatic heterocycles. The molecule has 0 N–H and O–H groups in total. The lowest BCUT2D eigenvalue weighted by molar-refractivity contribution is 0.0931. The van der Waals surface area contributed by atoms with Gasteiger partial charge in [-0.2, -0.15) is 0 Å². The van der Waals surface area contributed by atoms with E-state index in [1.165, 1.54) is 57.8 Å². The average Bonchev–Trinajstić information content (AvgIpc) is 2.55. The Labute approximate surface area is 152 Å². The van der Waals surface area contributed by atoms with Gasteiger partial charge < -0.3 is 8.85 Å². The number of hydrogen-bond donors (Lipinski definition) is 0. The Morgan fingerprint density at radius 3 is 2.12 bits per heavy atom. The third-order valence-electron chi connectivity index (χ3n) is 5.94. The molecule has 3 heteroatoms. The quantitative estimate of drug-likeness (QED) is 0.466. The van der Waals surface area contributed by atoms with Crippen LogP contribution in [-0.4, -0.2) is 21.8 Å². The zero-order valence-electron chi connectivity index (χ0n) is 17.0. The van der Waals surface area contributed by atoms with Crippen LogP contribution in [0.25, 0.3) is 0 Å². The zero-order valence-corrected chi connectivity index (χ0v) is 18.0. The summed E-state index contributed by atoms with van der Waals surface area (Å²) in [6, 6.07) is 0. The van der Waals surface area contributed by atoms with Gasteiger partial charge in [-0.1, -0.05) is 66.7 Å². The minimum atomic E-state index is -2.17. The fourth-order valence-electron chi connectivity index (χ4n) is 4.74. The van der Waals surface area contributed by atoms with Crippen molar-refractivity contribution in [1.82, 2.24) is 0 Å². The minimum Gasteiger partial charge on any atom is -0.394 e. The molecule has 0 saturated heterocycles. The van der Waals surface area contributed by atoms with Crippen LogP contribution in [0.4, 0.5) is 0 Å². The summed E-state index contributed by atoms with van der Waals surface area (Å²) in [5.41, 5.74) is 1.68. The lowest BCUT2D eigenvalue weighted by Gasteiger charge is -2.47. The molecule has 2 rings (SSSR count). The molecule has 2 fully saturated rings. The van der Waals surface area contributed by atoms with Crippen molar-refractivity contribution in [1.29, 1.82) is 0 Å². The maximum Gasteiger partial charge on any atom is 0.344 e. The lowest BCUT2D eigenvalue weighted by Crippen LogP contribution is -2.54. The number of rotatable bonds is 7. The molecule has 2 aliphatic carbocycles. The first-order valence-electron chi connectivity index (χ1n) is 10.7. The SMILES string of the molecule is CCCO[Si](OCC(C)(C)C)(C1CCCCC1)C1CCCC(C)C1. The van der Waals surface area contributed by atoms with Crippen LogP contribution in [-0.2, 0) is 8.85 Å². The van der Waals surface area contributed by atoms with Gasteiger partial charge in [-0.25, -0.2) is 0 Å². The van der Waals surface area contributed by atoms with E-state index in [2.05, 4.69) is 34.6 Å². The van der Waals surface area contributed by atoms with E-state index >= 15 is 0 Å². The van der Waals surface area contributed by atoms with E-state index in [0.29, 0.717) is 0 Å². The van der Waals surface area contributed by atoms with Gasteiger partial charge in [0.15, 0.2) is 0 Å². The summed E-state index contributed by atoms with van der Waals surface area (Å²) in [6.45, 7) is 13.4. The Morgan fingerprint density at radius 1 is 0.875 bits per heavy atom. The Kier molecular flexibility index (Phi) is 7.82. The Bertz CT molecular complexity index is 359. The van der Waals surface area contributed by atoms with Crippen molar-refractivity contribution in [3.8, 4) is 0 Å². The van der Waals surface area contributed by atoms with Crippen molar-refractivity contribution in [2.24, 2.45) is 11.3 Å². The molecule has 3 unspecified atom stereocenters. The van der Waals surface area contributed by atoms with Crippen LogP contribution in [0.15, 0.2) is 0 Å². The maximum absolute atomic E-state index is 6.94. The topological polar surface area (TPSA) is 18.5 Å². The van der Waals surface area contributed by atoms with Crippen molar-refractivity contribution < 1.29 is 8.85 Å². The fraction of sp³-hybridized carbons (Fsp3) is 1.00. The van der Waals surface area contributed by atoms with Crippen molar-refractivity contribution in [2.45, 2.75) is 110 Å². The zero-order chi connectivity index (χ0) is 17.6. The summed E-state index contributed by atoms with van der Waals surface area (Å²) in [5, 5.41) is 0. The van der Waals surface area contributed by atoms with Crippen LogP contribution < -0.4 is 0 Å². The maximum atomic E-state index is 6.94. The van der Waals surface area contributed by atoms with E-state index in [4.69, 9.17) is 8.85 Å². The summed E-state index contributed by atoms with van der Waals surface area (Å²) in [7, 11) is -2.17. The van der Waals surface area contributed by atoms with Crippen LogP contribution in [0.2, 0.25) is 11.1 Å². The van der Waals surface area contributed by atoms with Gasteiger partial charge in [-0.3, -0.25) is 0 Å². The molecule has 0 bridgehead atoms. The molecule has 0 heterocycles. The second-order valence-electron chi connectivity index (χ2n) is 9.72. The first kappa shape index (κ1) is 20.4. The third-order valence-corrected chi connectivity index (χ3v) is 10.6. The van der Waals surface area contributed by atoms with Gasteiger partial charge >= 0.3 is 8.56 Å². The smallest absolute Gasteiger partial charge is 0.344 e. The van der Waals surface area contributed by atoms with Crippen molar-refractivity contribution in [3.05, 3.63) is 0 Å². The molecule has 0 amide bonds. The van der Waals surface area contributed by atoms with Crippen LogP contribution in [0.1, 0.15) is 98.8 Å². The predicted octanol–water partition coefficient (Wildman–Crippen LogP) is 6.83. The van der Waals surface area contributed by atoms with E-state index in [1.54, 1.807) is 0 Å². The summed E-state index contributed by atoms with van der Waals surface area (Å²) in [4.78, 5) is 0. The van der Waals surface area contributed by atoms with Gasteiger partial charge in [0.1, 0.15) is 0 Å². The molecule has 2 nitrogen and oxygen atoms in total. The van der Waals surface area contributed by atoms with Crippen molar-refractivity contribution in [3.63, 3.8) is 0 Å². The standard InChI is InChI=1S/C21H42O2Si/c1-6-15-22-24(23-17-21(3,4)5,19-12-8-7-9-13-19)20-14-10-11-18(2)16-20/h18-20H,6-17H2,1-5H3. The normalized spacial score (nSPS) is 29.4. The first-order valence-corrected chi connectivity index (χ1v) is 12.6. The van der Waals surface area contributed by atoms with E-state index in [-0.39, 0.29) is 5.41 Å². The number of hydrogen-bond acceptors (Lipinski definition) is 2. The molecule has 0 aromatic rings. The van der Waals surface area contributed by atoms with E-state index in [9.17, 15) is 0 Å². The van der Waals surface area contributed by atoms with Gasteiger partial charge in [0.25, 0.3) is 0 Å². The van der Waals surface area contributed by atoms with E-state index < -0.39 is 8.56 Å². The Hall–Kier alpha value is 0.137. The third kappa shape index (κ3) is 5.57. The second-order valence-corrected chi connectivity index (χ2v) is 13.4. The van der Waals surface area contributed by atoms with Crippen LogP contribution in [0.3, 0.4) is 0 Å². The van der Waals surface area contributed by atoms with Gasteiger partial charge in [-0.15, -0.1) is 0 Å². The van der Waals surface area contributed by atoms with E-state index in [1.807, 2.05) is 0 Å². The highest BCUT2D eigenvalue weighted by Crippen LogP contribution is 2.50. The summed E-state index contributed by atoms with van der Waals surface area (Å²) in [6.07, 6.45) is 13.5. The summed E-state index contributed by atoms with van der Waals surface area (Å²) >= 11 is 0. The average molecular weight is 355 g/mol. The van der Waals surface area contributed by atoms with Gasteiger partial charge in [0, 0.05) is 24.3 Å². The largest absolute Gasteiger partial charge is 0.394 e. The highest BCUT2D eigenvalue weighted by atomic mass is 28.4. The van der Waals surface area contributed by atoms with Crippen LogP contribution in [0.5, 0.6) is 0 Å². The summed E-state index contributed by atoms with van der Waals surface area (Å²) in [5.74, 6) is 0.850. The monoisotopic (exact) mass is 354 g/mol. The predicted molar refractivity (Wildman–Crippen MR) is 106 cm³/mol. The molecule has 0 radical (unpaired) electrons. The molecular formula is C21H42O2Si. The fourth-order valence-corrected chi connectivity index (χ4v) is 10.2. The molecule has 3 atom stereocenters. The van der Waals surface area contributed by atoms with Crippen LogP contribution >= 0.6 is 0 Å². The summed E-state index contributed by atoms with van der Waals surface area (Å²) < 4.78 is 13.8. The van der Waals surface area contributed by atoms with Crippen molar-refractivity contribution in [2.75, 3.05) is 13.2 Å². The molecule has 0 aromatic carbocycles. The van der Waals surface area contributed by atoms with Crippen LogP contribution in [0, 0.1) is 11.3 Å².